The molecule has 0 atom stereocenters. The van der Waals surface area contributed by atoms with Crippen LogP contribution < -0.4 is 10.4 Å². The number of allylic oxidation sites excluding steroid dienone is 1. The van der Waals surface area contributed by atoms with Crippen molar-refractivity contribution >= 4 is 29.3 Å². The van der Waals surface area contributed by atoms with Crippen molar-refractivity contribution in [3.8, 4) is 39.1 Å². The van der Waals surface area contributed by atoms with Crippen molar-refractivity contribution in [1.82, 2.24) is 9.55 Å². The van der Waals surface area contributed by atoms with Gasteiger partial charge in [-0.2, -0.15) is 0 Å². The van der Waals surface area contributed by atoms with Gasteiger partial charge in [-0.3, -0.25) is 4.57 Å². The maximum atomic E-state index is 4.84. The van der Waals surface area contributed by atoms with Crippen LogP contribution in [-0.4, -0.2) is 9.55 Å². The zero-order valence-corrected chi connectivity index (χ0v) is 23.8. The number of nitrogens with zero attached hydrogens (tertiary/aromatic N) is 2. The van der Waals surface area contributed by atoms with E-state index >= 15 is 0 Å². The van der Waals surface area contributed by atoms with Gasteiger partial charge in [-0.25, -0.2) is 4.98 Å². The molecule has 0 fully saturated rings. The number of benzene rings is 5. The van der Waals surface area contributed by atoms with Crippen LogP contribution in [0.2, 0.25) is 0 Å². The molecule has 8 rings (SSSR count). The van der Waals surface area contributed by atoms with E-state index in [-0.39, 0.29) is 0 Å². The first-order chi connectivity index (χ1) is 20.8. The third-order valence-electron chi connectivity index (χ3n) is 8.84. The van der Waals surface area contributed by atoms with Gasteiger partial charge in [0, 0.05) is 5.69 Å². The number of imidazole rings is 1. The van der Waals surface area contributed by atoms with Crippen molar-refractivity contribution in [2.24, 2.45) is 0 Å². The zero-order chi connectivity index (χ0) is 28.0. The van der Waals surface area contributed by atoms with E-state index < -0.39 is 0 Å². The molecule has 5 aromatic carbocycles. The summed E-state index contributed by atoms with van der Waals surface area (Å²) in [6.07, 6.45) is 14.0. The molecule has 2 heteroatoms. The van der Waals surface area contributed by atoms with Gasteiger partial charge in [-0.1, -0.05) is 103 Å². The van der Waals surface area contributed by atoms with Crippen molar-refractivity contribution < 1.29 is 0 Å². The molecule has 0 radical (unpaired) electrons. The van der Waals surface area contributed by atoms with Crippen molar-refractivity contribution in [3.05, 3.63) is 137 Å². The third kappa shape index (κ3) is 4.06. The van der Waals surface area contributed by atoms with E-state index in [9.17, 15) is 0 Å². The van der Waals surface area contributed by atoms with Gasteiger partial charge in [0.05, 0.1) is 11.0 Å². The monoisotopic (exact) mass is 540 g/mol. The van der Waals surface area contributed by atoms with Gasteiger partial charge in [0.25, 0.3) is 0 Å². The minimum absolute atomic E-state index is 0.999. The summed E-state index contributed by atoms with van der Waals surface area (Å²) in [5.41, 5.74) is 14.0. The third-order valence-corrected chi connectivity index (χ3v) is 8.84. The van der Waals surface area contributed by atoms with E-state index in [1.807, 2.05) is 0 Å². The van der Waals surface area contributed by atoms with Crippen LogP contribution in [0, 0.1) is 6.92 Å². The lowest BCUT2D eigenvalue weighted by molar-refractivity contribution is 0.982. The second kappa shape index (κ2) is 10.2. The second-order valence-electron chi connectivity index (χ2n) is 11.4. The van der Waals surface area contributed by atoms with Crippen molar-refractivity contribution in [2.45, 2.75) is 32.6 Å². The molecule has 2 nitrogen and oxygen atoms in total. The van der Waals surface area contributed by atoms with Gasteiger partial charge in [0.1, 0.15) is 5.82 Å². The number of aryl methyl sites for hydroxylation is 1. The molecule has 202 valence electrons. The Morgan fingerprint density at radius 1 is 0.619 bits per heavy atom. The van der Waals surface area contributed by atoms with Gasteiger partial charge >= 0.3 is 0 Å². The van der Waals surface area contributed by atoms with Crippen LogP contribution in [-0.2, 0) is 6.42 Å². The summed E-state index contributed by atoms with van der Waals surface area (Å²) in [5.74, 6) is 0.999. The van der Waals surface area contributed by atoms with E-state index in [1.54, 1.807) is 0 Å². The summed E-state index contributed by atoms with van der Waals surface area (Å²) in [5, 5.41) is 2.80. The fourth-order valence-electron chi connectivity index (χ4n) is 6.97. The predicted octanol–water partition coefficient (Wildman–Crippen LogP) is 8.65. The Morgan fingerprint density at radius 2 is 1.26 bits per heavy atom. The van der Waals surface area contributed by atoms with Gasteiger partial charge in [0.2, 0.25) is 0 Å². The fraction of sp³-hybridized carbons (Fsp3) is 0.125. The molecule has 0 saturated carbocycles. The number of fused-ring (bicyclic) bond motifs is 3. The fourth-order valence-corrected chi connectivity index (χ4v) is 6.97. The van der Waals surface area contributed by atoms with Crippen molar-refractivity contribution in [1.29, 1.82) is 0 Å². The minimum Gasteiger partial charge on any atom is -0.297 e. The quantitative estimate of drug-likeness (QED) is 0.219. The molecule has 0 aliphatic heterocycles. The molecule has 0 amide bonds. The molecule has 2 aliphatic carbocycles. The van der Waals surface area contributed by atoms with Gasteiger partial charge in [-0.05, 0) is 112 Å². The first-order valence-corrected chi connectivity index (χ1v) is 15.0. The minimum atomic E-state index is 0.999. The van der Waals surface area contributed by atoms with Crippen LogP contribution in [0.15, 0.2) is 109 Å². The number of aromatic nitrogens is 2. The van der Waals surface area contributed by atoms with Gasteiger partial charge < -0.3 is 0 Å². The molecule has 0 N–H and O–H groups in total. The Hall–Kier alpha value is -4.95. The van der Waals surface area contributed by atoms with Crippen LogP contribution in [0.1, 0.15) is 36.2 Å². The van der Waals surface area contributed by atoms with E-state index in [1.165, 1.54) is 54.9 Å². The topological polar surface area (TPSA) is 17.8 Å². The number of rotatable bonds is 4. The van der Waals surface area contributed by atoms with E-state index in [2.05, 4.69) is 139 Å². The van der Waals surface area contributed by atoms with Crippen LogP contribution >= 0.6 is 0 Å². The first-order valence-electron chi connectivity index (χ1n) is 15.0. The maximum absolute atomic E-state index is 4.84. The summed E-state index contributed by atoms with van der Waals surface area (Å²) >= 11 is 0. The van der Waals surface area contributed by atoms with Crippen LogP contribution in [0.4, 0.5) is 0 Å². The van der Waals surface area contributed by atoms with Gasteiger partial charge in [-0.15, -0.1) is 0 Å². The summed E-state index contributed by atoms with van der Waals surface area (Å²) in [6, 6.07) is 37.3. The van der Waals surface area contributed by atoms with Crippen LogP contribution in [0.5, 0.6) is 0 Å². The Bertz CT molecular complexity index is 2110. The van der Waals surface area contributed by atoms with Gasteiger partial charge in [0.15, 0.2) is 0 Å². The smallest absolute Gasteiger partial charge is 0.111 e. The molecule has 6 aromatic rings. The summed E-state index contributed by atoms with van der Waals surface area (Å²) in [6.45, 7) is 2.08. The Balaban J connectivity index is 1.27. The van der Waals surface area contributed by atoms with E-state index in [0.717, 1.165) is 48.2 Å². The first kappa shape index (κ1) is 24.8. The molecule has 0 saturated heterocycles. The van der Waals surface area contributed by atoms with E-state index in [4.69, 9.17) is 4.98 Å². The molecule has 0 bridgehead atoms. The standard InChI is InChI=1S/C40H32N2/c1-27-41-37-25-24-31(26-38(37)42(27)32-14-6-3-7-15-32)28-20-22-30(23-21-28)40-35-18-10-8-16-33(35)39(29-12-4-2-5-13-29)34-17-9-11-19-36(34)40/h2-8,12-17,19-26H,9-11,18H2,1H3. The highest BCUT2D eigenvalue weighted by atomic mass is 15.1. The summed E-state index contributed by atoms with van der Waals surface area (Å²) in [4.78, 5) is 4.84. The molecule has 2 aliphatic rings. The highest BCUT2D eigenvalue weighted by molar-refractivity contribution is 5.88. The highest BCUT2D eigenvalue weighted by Crippen LogP contribution is 2.35. The lowest BCUT2D eigenvalue weighted by Crippen LogP contribution is -2.33. The largest absolute Gasteiger partial charge is 0.297 e. The number of hydrogen-bond acceptors (Lipinski definition) is 1. The predicted molar refractivity (Wildman–Crippen MR) is 177 cm³/mol. The number of hydrogen-bond donors (Lipinski definition) is 0. The lowest BCUT2D eigenvalue weighted by atomic mass is 9.80. The highest BCUT2D eigenvalue weighted by Gasteiger charge is 2.21. The van der Waals surface area contributed by atoms with E-state index in [0.29, 0.717) is 0 Å². The normalized spacial score (nSPS) is 13.7. The Labute approximate surface area is 246 Å². The molecular weight excluding hydrogens is 508 g/mol. The average Bonchev–Trinajstić information content (AvgIpc) is 3.39. The number of para-hydroxylation sites is 1. The zero-order valence-electron chi connectivity index (χ0n) is 23.8. The molecule has 42 heavy (non-hydrogen) atoms. The Kier molecular flexibility index (Phi) is 6.00. The summed E-state index contributed by atoms with van der Waals surface area (Å²) < 4.78 is 2.25. The van der Waals surface area contributed by atoms with Crippen molar-refractivity contribution in [2.75, 3.05) is 0 Å². The SMILES string of the molecule is Cc1nc2ccc(-c3ccc(-c4c5c(c(-c6ccccc6)c6c4=CCCC=6)C=CCC5)cc3)cc2n1-c1ccccc1. The van der Waals surface area contributed by atoms with Crippen LogP contribution in [0.3, 0.4) is 0 Å². The average molecular weight is 541 g/mol. The maximum Gasteiger partial charge on any atom is 0.111 e. The molecule has 1 heterocycles. The summed E-state index contributed by atoms with van der Waals surface area (Å²) in [7, 11) is 0. The molecule has 0 unspecified atom stereocenters. The van der Waals surface area contributed by atoms with Crippen LogP contribution in [0.25, 0.3) is 68.3 Å². The second-order valence-corrected chi connectivity index (χ2v) is 11.4. The lowest BCUT2D eigenvalue weighted by Gasteiger charge is -2.23. The molecule has 0 spiro atoms. The molecular formula is C40H32N2. The van der Waals surface area contributed by atoms with Crippen molar-refractivity contribution in [3.63, 3.8) is 0 Å². The molecule has 1 aromatic heterocycles. The Morgan fingerprint density at radius 3 is 2.02 bits per heavy atom.